The Morgan fingerprint density at radius 2 is 2.13 bits per heavy atom. The van der Waals surface area contributed by atoms with E-state index in [2.05, 4.69) is 23.3 Å². The van der Waals surface area contributed by atoms with Gasteiger partial charge in [0.25, 0.3) is 0 Å². The van der Waals surface area contributed by atoms with Gasteiger partial charge in [-0.15, -0.1) is 0 Å². The van der Waals surface area contributed by atoms with Crippen molar-refractivity contribution in [2.45, 2.75) is 39.2 Å². The normalized spacial score (nSPS) is 14.6. The molecule has 2 aromatic heterocycles. The first-order valence-corrected chi connectivity index (χ1v) is 10.2. The lowest BCUT2D eigenvalue weighted by Gasteiger charge is -2.23. The summed E-state index contributed by atoms with van der Waals surface area (Å²) in [7, 11) is 1.78. The quantitative estimate of drug-likeness (QED) is 0.636. The number of nitrogens with one attached hydrogen (secondary N) is 1. The summed E-state index contributed by atoms with van der Waals surface area (Å²) in [6.07, 6.45) is 6.92. The van der Waals surface area contributed by atoms with Crippen molar-refractivity contribution in [1.29, 1.82) is 0 Å². The second-order valence-electron chi connectivity index (χ2n) is 7.58. The zero-order valence-corrected chi connectivity index (χ0v) is 17.4. The zero-order chi connectivity index (χ0) is 21.3. The molecule has 30 heavy (non-hydrogen) atoms. The minimum atomic E-state index is -0.193. The van der Waals surface area contributed by atoms with Crippen LogP contribution in [0.5, 0.6) is 0 Å². The fraction of sp³-hybridized carbons (Fsp3) is 0.292. The number of furan rings is 1. The Bertz CT molecular complexity index is 1150. The number of carbonyl (C=O) groups excluding carboxylic acids is 2. The van der Waals surface area contributed by atoms with Gasteiger partial charge in [-0.3, -0.25) is 9.59 Å². The van der Waals surface area contributed by atoms with Crippen LogP contribution in [-0.4, -0.2) is 28.7 Å². The molecule has 2 amide bonds. The fourth-order valence-electron chi connectivity index (χ4n) is 3.84. The largest absolute Gasteiger partial charge is 0.459 e. The van der Waals surface area contributed by atoms with Crippen LogP contribution in [0.1, 0.15) is 48.8 Å². The van der Waals surface area contributed by atoms with E-state index < -0.39 is 0 Å². The molecule has 0 unspecified atom stereocenters. The van der Waals surface area contributed by atoms with Gasteiger partial charge >= 0.3 is 0 Å². The summed E-state index contributed by atoms with van der Waals surface area (Å²) in [5, 5.41) is 3.87. The predicted octanol–water partition coefficient (Wildman–Crippen LogP) is 4.51. The van der Waals surface area contributed by atoms with E-state index in [0.717, 1.165) is 39.8 Å². The molecule has 1 aromatic carbocycles. The van der Waals surface area contributed by atoms with Crippen LogP contribution in [0, 0.1) is 0 Å². The van der Waals surface area contributed by atoms with Crippen molar-refractivity contribution >= 4 is 34.7 Å². The average molecular weight is 403 g/mol. The number of carbonyl (C=O) groups is 2. The molecule has 0 bridgehead atoms. The summed E-state index contributed by atoms with van der Waals surface area (Å²) in [4.78, 5) is 30.2. The first-order valence-electron chi connectivity index (χ1n) is 10.2. The van der Waals surface area contributed by atoms with Crippen LogP contribution in [0.4, 0.5) is 5.82 Å². The number of anilines is 1. The third-order valence-corrected chi connectivity index (χ3v) is 5.68. The Morgan fingerprint density at radius 3 is 2.93 bits per heavy atom. The highest BCUT2D eigenvalue weighted by Gasteiger charge is 2.23. The molecule has 0 saturated heterocycles. The maximum Gasteiger partial charge on any atom is 0.246 e. The number of benzene rings is 1. The molecule has 3 aromatic rings. The smallest absolute Gasteiger partial charge is 0.246 e. The van der Waals surface area contributed by atoms with Crippen LogP contribution in [0.25, 0.3) is 17.0 Å². The van der Waals surface area contributed by atoms with Crippen molar-refractivity contribution in [3.8, 4) is 0 Å². The number of rotatable bonds is 5. The van der Waals surface area contributed by atoms with Crippen molar-refractivity contribution in [2.75, 3.05) is 12.4 Å². The SMILES string of the molecule is CCc1c([C@@H](C)N(C)C(=O)/C=C/c2cnc3c(c2)CCC(=O)N3)oc2ccccc12. The molecule has 0 spiro atoms. The fourth-order valence-corrected chi connectivity index (χ4v) is 3.84. The van der Waals surface area contributed by atoms with Crippen LogP contribution in [0.3, 0.4) is 0 Å². The molecule has 6 nitrogen and oxygen atoms in total. The number of nitrogens with zero attached hydrogens (tertiary/aromatic N) is 2. The minimum absolute atomic E-state index is 0.0129. The Morgan fingerprint density at radius 1 is 1.33 bits per heavy atom. The second kappa shape index (κ2) is 8.14. The molecule has 1 aliphatic heterocycles. The number of likely N-dealkylation sites (N-methyl/N-ethyl adjacent to an activating group) is 1. The lowest BCUT2D eigenvalue weighted by Crippen LogP contribution is -2.28. The van der Waals surface area contributed by atoms with Crippen molar-refractivity contribution in [2.24, 2.45) is 0 Å². The third kappa shape index (κ3) is 3.73. The van der Waals surface area contributed by atoms with Gasteiger partial charge in [0.2, 0.25) is 11.8 Å². The van der Waals surface area contributed by atoms with Gasteiger partial charge in [-0.1, -0.05) is 25.1 Å². The van der Waals surface area contributed by atoms with E-state index in [1.54, 1.807) is 30.3 Å². The third-order valence-electron chi connectivity index (χ3n) is 5.68. The topological polar surface area (TPSA) is 75.4 Å². The molecule has 1 aliphatic rings. The van der Waals surface area contributed by atoms with Gasteiger partial charge in [-0.05, 0) is 49.1 Å². The Labute approximate surface area is 175 Å². The Kier molecular flexibility index (Phi) is 5.40. The number of para-hydroxylation sites is 1. The zero-order valence-electron chi connectivity index (χ0n) is 17.4. The van der Waals surface area contributed by atoms with E-state index in [-0.39, 0.29) is 17.9 Å². The van der Waals surface area contributed by atoms with Crippen LogP contribution in [-0.2, 0) is 22.4 Å². The van der Waals surface area contributed by atoms with Gasteiger partial charge in [0.05, 0.1) is 6.04 Å². The predicted molar refractivity (Wildman–Crippen MR) is 117 cm³/mol. The molecule has 3 heterocycles. The minimum Gasteiger partial charge on any atom is -0.459 e. The molecule has 0 radical (unpaired) electrons. The van der Waals surface area contributed by atoms with E-state index in [1.807, 2.05) is 31.2 Å². The van der Waals surface area contributed by atoms with Crippen LogP contribution >= 0.6 is 0 Å². The summed E-state index contributed by atoms with van der Waals surface area (Å²) in [5.74, 6) is 1.31. The highest BCUT2D eigenvalue weighted by Crippen LogP contribution is 2.32. The van der Waals surface area contributed by atoms with Gasteiger partial charge in [-0.2, -0.15) is 0 Å². The van der Waals surface area contributed by atoms with E-state index >= 15 is 0 Å². The van der Waals surface area contributed by atoms with Crippen LogP contribution in [0.2, 0.25) is 0 Å². The maximum absolute atomic E-state index is 12.8. The summed E-state index contributed by atoms with van der Waals surface area (Å²) in [5.41, 5.74) is 3.81. The molecule has 0 fully saturated rings. The summed E-state index contributed by atoms with van der Waals surface area (Å²) < 4.78 is 6.09. The van der Waals surface area contributed by atoms with Crippen molar-refractivity contribution in [1.82, 2.24) is 9.88 Å². The van der Waals surface area contributed by atoms with Gasteiger partial charge in [0.15, 0.2) is 0 Å². The second-order valence-corrected chi connectivity index (χ2v) is 7.58. The number of aromatic nitrogens is 1. The van der Waals surface area contributed by atoms with Gasteiger partial charge in [0.1, 0.15) is 17.2 Å². The van der Waals surface area contributed by atoms with Gasteiger partial charge in [0, 0.05) is 36.7 Å². The number of hydrogen-bond acceptors (Lipinski definition) is 4. The highest BCUT2D eigenvalue weighted by molar-refractivity contribution is 5.94. The first-order chi connectivity index (χ1) is 14.5. The number of fused-ring (bicyclic) bond motifs is 2. The average Bonchev–Trinajstić information content (AvgIpc) is 3.15. The molecule has 1 N–H and O–H groups in total. The first kappa shape index (κ1) is 19.9. The molecule has 154 valence electrons. The number of aryl methyl sites for hydroxylation is 2. The highest BCUT2D eigenvalue weighted by atomic mass is 16.3. The molecule has 0 saturated carbocycles. The maximum atomic E-state index is 12.8. The summed E-state index contributed by atoms with van der Waals surface area (Å²) in [6.45, 7) is 4.08. The molecule has 0 aliphatic carbocycles. The van der Waals surface area contributed by atoms with Crippen molar-refractivity contribution in [3.63, 3.8) is 0 Å². The monoisotopic (exact) mass is 403 g/mol. The lowest BCUT2D eigenvalue weighted by atomic mass is 10.0. The van der Waals surface area contributed by atoms with E-state index in [4.69, 9.17) is 4.42 Å². The molecule has 4 rings (SSSR count). The van der Waals surface area contributed by atoms with Crippen LogP contribution in [0.15, 0.2) is 47.0 Å². The van der Waals surface area contributed by atoms with Gasteiger partial charge < -0.3 is 14.6 Å². The van der Waals surface area contributed by atoms with E-state index in [0.29, 0.717) is 18.7 Å². The van der Waals surface area contributed by atoms with E-state index in [1.165, 1.54) is 0 Å². The summed E-state index contributed by atoms with van der Waals surface area (Å²) in [6, 6.07) is 9.74. The molecule has 6 heteroatoms. The standard InChI is InChI=1S/C24H25N3O3/c1-4-18-19-7-5-6-8-20(19)30-23(18)15(2)27(3)22(29)12-9-16-13-17-10-11-21(28)26-24(17)25-14-16/h5-9,12-15H,4,10-11H2,1-3H3,(H,25,26,28)/b12-9+/t15-/m1/s1. The number of pyridine rings is 1. The molecular weight excluding hydrogens is 378 g/mol. The van der Waals surface area contributed by atoms with Crippen molar-refractivity contribution < 1.29 is 14.0 Å². The summed E-state index contributed by atoms with van der Waals surface area (Å²) >= 11 is 0. The Balaban J connectivity index is 1.52. The Hall–Kier alpha value is -3.41. The molecular formula is C24H25N3O3. The number of amides is 2. The molecule has 1 atom stereocenters. The lowest BCUT2D eigenvalue weighted by molar-refractivity contribution is -0.126. The van der Waals surface area contributed by atoms with E-state index in [9.17, 15) is 9.59 Å². The van der Waals surface area contributed by atoms with Crippen molar-refractivity contribution in [3.05, 3.63) is 65.1 Å². The number of hydrogen-bond donors (Lipinski definition) is 1. The van der Waals surface area contributed by atoms with Gasteiger partial charge in [-0.25, -0.2) is 4.98 Å². The van der Waals surface area contributed by atoms with Crippen LogP contribution < -0.4 is 5.32 Å².